The summed E-state index contributed by atoms with van der Waals surface area (Å²) < 4.78 is 2.06. The van der Waals surface area contributed by atoms with Gasteiger partial charge in [-0.25, -0.2) is 4.98 Å². The van der Waals surface area contributed by atoms with Crippen molar-refractivity contribution < 1.29 is 0 Å². The molecular weight excluding hydrogens is 238 g/mol. The van der Waals surface area contributed by atoms with E-state index in [1.807, 2.05) is 38.5 Å². The standard InChI is InChI=1S/C14H19N5/c1-11-9-15-12(2)14(17-11)18-7-3-5-13(10-18)19-8-4-6-16-19/h4,6,8-9,13H,3,5,7,10H2,1-2H3. The summed E-state index contributed by atoms with van der Waals surface area (Å²) in [6.45, 7) is 6.03. The normalized spacial score (nSPS) is 19.7. The van der Waals surface area contributed by atoms with E-state index in [-0.39, 0.29) is 0 Å². The molecule has 3 rings (SSSR count). The molecule has 1 unspecified atom stereocenters. The van der Waals surface area contributed by atoms with Crippen LogP contribution in [0.5, 0.6) is 0 Å². The molecule has 2 aromatic heterocycles. The van der Waals surface area contributed by atoms with E-state index < -0.39 is 0 Å². The van der Waals surface area contributed by atoms with Crippen LogP contribution >= 0.6 is 0 Å². The summed E-state index contributed by atoms with van der Waals surface area (Å²) in [4.78, 5) is 11.4. The highest BCUT2D eigenvalue weighted by Crippen LogP contribution is 2.25. The van der Waals surface area contributed by atoms with E-state index in [4.69, 9.17) is 0 Å². The Morgan fingerprint density at radius 2 is 2.21 bits per heavy atom. The van der Waals surface area contributed by atoms with Crippen LogP contribution in [0.1, 0.15) is 30.3 Å². The molecule has 0 aromatic carbocycles. The Balaban J connectivity index is 1.83. The van der Waals surface area contributed by atoms with Gasteiger partial charge in [0, 0.05) is 31.7 Å². The van der Waals surface area contributed by atoms with Gasteiger partial charge in [0.2, 0.25) is 0 Å². The van der Waals surface area contributed by atoms with Crippen LogP contribution < -0.4 is 4.90 Å². The average Bonchev–Trinajstić information content (AvgIpc) is 2.96. The summed E-state index contributed by atoms with van der Waals surface area (Å²) >= 11 is 0. The number of hydrogen-bond donors (Lipinski definition) is 0. The van der Waals surface area contributed by atoms with Crippen molar-refractivity contribution in [1.29, 1.82) is 0 Å². The molecule has 1 aliphatic rings. The van der Waals surface area contributed by atoms with E-state index in [1.54, 1.807) is 0 Å². The summed E-state index contributed by atoms with van der Waals surface area (Å²) in [6.07, 6.45) is 8.06. The van der Waals surface area contributed by atoms with E-state index in [9.17, 15) is 0 Å². The summed E-state index contributed by atoms with van der Waals surface area (Å²) in [6, 6.07) is 2.42. The van der Waals surface area contributed by atoms with E-state index >= 15 is 0 Å². The van der Waals surface area contributed by atoms with Crippen molar-refractivity contribution in [2.75, 3.05) is 18.0 Å². The lowest BCUT2D eigenvalue weighted by Gasteiger charge is -2.34. The SMILES string of the molecule is Cc1cnc(C)c(N2CCCC(n3cccn3)C2)n1. The van der Waals surface area contributed by atoms with Crippen LogP contribution in [0.2, 0.25) is 0 Å². The maximum Gasteiger partial charge on any atom is 0.150 e. The lowest BCUT2D eigenvalue weighted by Crippen LogP contribution is -2.38. The third kappa shape index (κ3) is 2.45. The van der Waals surface area contributed by atoms with Gasteiger partial charge in [-0.3, -0.25) is 9.67 Å². The molecular formula is C14H19N5. The van der Waals surface area contributed by atoms with Crippen molar-refractivity contribution in [2.45, 2.75) is 32.7 Å². The third-order valence-corrected chi connectivity index (χ3v) is 3.65. The molecule has 0 amide bonds. The zero-order valence-electron chi connectivity index (χ0n) is 11.5. The minimum atomic E-state index is 0.436. The minimum absolute atomic E-state index is 0.436. The number of hydrogen-bond acceptors (Lipinski definition) is 4. The van der Waals surface area contributed by atoms with Crippen LogP contribution in [-0.4, -0.2) is 32.8 Å². The van der Waals surface area contributed by atoms with Crippen molar-refractivity contribution >= 4 is 5.82 Å². The number of aryl methyl sites for hydroxylation is 2. The number of rotatable bonds is 2. The van der Waals surface area contributed by atoms with Crippen LogP contribution in [0.4, 0.5) is 5.82 Å². The van der Waals surface area contributed by atoms with E-state index in [2.05, 4.69) is 24.6 Å². The number of anilines is 1. The van der Waals surface area contributed by atoms with E-state index in [0.29, 0.717) is 6.04 Å². The molecule has 19 heavy (non-hydrogen) atoms. The predicted octanol–water partition coefficient (Wildman–Crippen LogP) is 2.13. The van der Waals surface area contributed by atoms with Gasteiger partial charge in [0.15, 0.2) is 0 Å². The van der Waals surface area contributed by atoms with Gasteiger partial charge in [0.1, 0.15) is 5.82 Å². The maximum atomic E-state index is 4.65. The Bertz CT molecular complexity index is 549. The molecule has 100 valence electrons. The van der Waals surface area contributed by atoms with E-state index in [1.165, 1.54) is 12.8 Å². The molecule has 0 bridgehead atoms. The Morgan fingerprint density at radius 1 is 1.32 bits per heavy atom. The van der Waals surface area contributed by atoms with Crippen LogP contribution in [0.25, 0.3) is 0 Å². The predicted molar refractivity (Wildman–Crippen MR) is 74.2 cm³/mol. The van der Waals surface area contributed by atoms with Gasteiger partial charge in [-0.1, -0.05) is 0 Å². The Labute approximate surface area is 113 Å². The van der Waals surface area contributed by atoms with Gasteiger partial charge < -0.3 is 4.90 Å². The Hall–Kier alpha value is -1.91. The highest BCUT2D eigenvalue weighted by molar-refractivity contribution is 5.43. The number of piperidine rings is 1. The maximum absolute atomic E-state index is 4.65. The first-order chi connectivity index (χ1) is 9.24. The van der Waals surface area contributed by atoms with Crippen molar-refractivity contribution in [3.8, 4) is 0 Å². The van der Waals surface area contributed by atoms with Crippen molar-refractivity contribution in [1.82, 2.24) is 19.7 Å². The molecule has 0 aliphatic carbocycles. The third-order valence-electron chi connectivity index (χ3n) is 3.65. The van der Waals surface area contributed by atoms with Crippen LogP contribution in [0, 0.1) is 13.8 Å². The van der Waals surface area contributed by atoms with Gasteiger partial charge in [-0.05, 0) is 32.8 Å². The lowest BCUT2D eigenvalue weighted by molar-refractivity contribution is 0.374. The fourth-order valence-electron chi connectivity index (χ4n) is 2.68. The average molecular weight is 257 g/mol. The van der Waals surface area contributed by atoms with Gasteiger partial charge in [0.25, 0.3) is 0 Å². The van der Waals surface area contributed by atoms with Crippen molar-refractivity contribution in [3.05, 3.63) is 36.0 Å². The van der Waals surface area contributed by atoms with Gasteiger partial charge in [-0.15, -0.1) is 0 Å². The molecule has 1 fully saturated rings. The summed E-state index contributed by atoms with van der Waals surface area (Å²) in [5.74, 6) is 1.02. The zero-order valence-corrected chi connectivity index (χ0v) is 11.5. The highest BCUT2D eigenvalue weighted by Gasteiger charge is 2.23. The van der Waals surface area contributed by atoms with Crippen LogP contribution in [0.3, 0.4) is 0 Å². The molecule has 1 aliphatic heterocycles. The van der Waals surface area contributed by atoms with Gasteiger partial charge in [0.05, 0.1) is 17.4 Å². The van der Waals surface area contributed by atoms with Gasteiger partial charge >= 0.3 is 0 Å². The molecule has 5 heteroatoms. The second kappa shape index (κ2) is 4.99. The highest BCUT2D eigenvalue weighted by atomic mass is 15.3. The molecule has 1 saturated heterocycles. The number of nitrogens with zero attached hydrogens (tertiary/aromatic N) is 5. The molecule has 5 nitrogen and oxygen atoms in total. The lowest BCUT2D eigenvalue weighted by atomic mass is 10.1. The minimum Gasteiger partial charge on any atom is -0.353 e. The second-order valence-electron chi connectivity index (χ2n) is 5.15. The zero-order chi connectivity index (χ0) is 13.2. The topological polar surface area (TPSA) is 46.8 Å². The molecule has 1 atom stereocenters. The number of aromatic nitrogens is 4. The quantitative estimate of drug-likeness (QED) is 0.827. The fraction of sp³-hybridized carbons (Fsp3) is 0.500. The molecule has 3 heterocycles. The molecule has 2 aromatic rings. The fourth-order valence-corrected chi connectivity index (χ4v) is 2.68. The monoisotopic (exact) mass is 257 g/mol. The first-order valence-electron chi connectivity index (χ1n) is 6.78. The summed E-state index contributed by atoms with van der Waals surface area (Å²) in [5.41, 5.74) is 1.98. The Morgan fingerprint density at radius 3 is 3.00 bits per heavy atom. The van der Waals surface area contributed by atoms with E-state index in [0.717, 1.165) is 30.3 Å². The van der Waals surface area contributed by atoms with Crippen LogP contribution in [0.15, 0.2) is 24.7 Å². The molecule has 0 N–H and O–H groups in total. The largest absolute Gasteiger partial charge is 0.353 e. The first-order valence-corrected chi connectivity index (χ1v) is 6.78. The Kier molecular flexibility index (Phi) is 3.19. The van der Waals surface area contributed by atoms with Crippen molar-refractivity contribution in [3.63, 3.8) is 0 Å². The first kappa shape index (κ1) is 12.1. The molecule has 0 saturated carbocycles. The van der Waals surface area contributed by atoms with Crippen LogP contribution in [-0.2, 0) is 0 Å². The second-order valence-corrected chi connectivity index (χ2v) is 5.15. The molecule has 0 spiro atoms. The van der Waals surface area contributed by atoms with Crippen molar-refractivity contribution in [2.24, 2.45) is 0 Å². The van der Waals surface area contributed by atoms with Gasteiger partial charge in [-0.2, -0.15) is 5.10 Å². The summed E-state index contributed by atoms with van der Waals surface area (Å²) in [7, 11) is 0. The summed E-state index contributed by atoms with van der Waals surface area (Å²) in [5, 5.41) is 4.36. The molecule has 0 radical (unpaired) electrons. The smallest absolute Gasteiger partial charge is 0.150 e.